The van der Waals surface area contributed by atoms with E-state index in [9.17, 15) is 0 Å². The molecular formula is C28H21N. The first-order valence-corrected chi connectivity index (χ1v) is 9.89. The summed E-state index contributed by atoms with van der Waals surface area (Å²) in [4.78, 5) is 2.33. The maximum atomic E-state index is 2.33. The van der Waals surface area contributed by atoms with Gasteiger partial charge < -0.3 is 4.90 Å². The quantitative estimate of drug-likeness (QED) is 0.309. The Morgan fingerprint density at radius 3 is 1.62 bits per heavy atom. The lowest BCUT2D eigenvalue weighted by Crippen LogP contribution is -2.10. The van der Waals surface area contributed by atoms with E-state index in [-0.39, 0.29) is 0 Å². The molecule has 0 atom stereocenters. The van der Waals surface area contributed by atoms with Gasteiger partial charge in [0.05, 0.1) is 5.69 Å². The Morgan fingerprint density at radius 1 is 0.379 bits per heavy atom. The SMILES string of the molecule is c1ccc(N(c2ccccc2)c2ccccc2-c2cccc3ccccc23)cc1. The van der Waals surface area contributed by atoms with E-state index in [1.54, 1.807) is 0 Å². The molecule has 0 N–H and O–H groups in total. The van der Waals surface area contributed by atoms with Crippen molar-refractivity contribution in [3.63, 3.8) is 0 Å². The fourth-order valence-electron chi connectivity index (χ4n) is 3.94. The van der Waals surface area contributed by atoms with Crippen LogP contribution in [-0.2, 0) is 0 Å². The van der Waals surface area contributed by atoms with E-state index in [1.165, 1.54) is 27.6 Å². The van der Waals surface area contributed by atoms with Crippen LogP contribution in [0, 0.1) is 0 Å². The van der Waals surface area contributed by atoms with Gasteiger partial charge in [-0.3, -0.25) is 0 Å². The molecule has 5 rings (SSSR count). The van der Waals surface area contributed by atoms with Gasteiger partial charge in [-0.25, -0.2) is 0 Å². The Morgan fingerprint density at radius 2 is 0.897 bits per heavy atom. The molecule has 5 aromatic carbocycles. The van der Waals surface area contributed by atoms with Crippen LogP contribution in [0.3, 0.4) is 0 Å². The van der Waals surface area contributed by atoms with Crippen molar-refractivity contribution in [2.75, 3.05) is 4.90 Å². The molecule has 0 amide bonds. The predicted molar refractivity (Wildman–Crippen MR) is 124 cm³/mol. The second kappa shape index (κ2) is 7.65. The van der Waals surface area contributed by atoms with Gasteiger partial charge in [-0.05, 0) is 46.7 Å². The molecule has 0 fully saturated rings. The number of hydrogen-bond donors (Lipinski definition) is 0. The molecule has 29 heavy (non-hydrogen) atoms. The smallest absolute Gasteiger partial charge is 0.0540 e. The maximum Gasteiger partial charge on any atom is 0.0540 e. The highest BCUT2D eigenvalue weighted by molar-refractivity contribution is 6.01. The Bertz CT molecular complexity index is 1200. The van der Waals surface area contributed by atoms with Crippen LogP contribution in [0.2, 0.25) is 0 Å². The minimum atomic E-state index is 1.14. The van der Waals surface area contributed by atoms with E-state index < -0.39 is 0 Å². The summed E-state index contributed by atoms with van der Waals surface area (Å²) < 4.78 is 0. The third-order valence-electron chi connectivity index (χ3n) is 5.25. The van der Waals surface area contributed by atoms with Gasteiger partial charge in [0.15, 0.2) is 0 Å². The van der Waals surface area contributed by atoms with Crippen molar-refractivity contribution in [3.8, 4) is 11.1 Å². The van der Waals surface area contributed by atoms with E-state index in [2.05, 4.69) is 132 Å². The zero-order valence-electron chi connectivity index (χ0n) is 16.1. The molecule has 0 unspecified atom stereocenters. The second-order valence-corrected chi connectivity index (χ2v) is 7.05. The molecule has 0 aliphatic carbocycles. The number of para-hydroxylation sites is 3. The molecule has 0 spiro atoms. The van der Waals surface area contributed by atoms with E-state index in [4.69, 9.17) is 0 Å². The molecule has 1 nitrogen and oxygen atoms in total. The average molecular weight is 371 g/mol. The Hall–Kier alpha value is -3.84. The van der Waals surface area contributed by atoms with Crippen molar-refractivity contribution >= 4 is 27.8 Å². The minimum absolute atomic E-state index is 1.14. The van der Waals surface area contributed by atoms with Crippen LogP contribution in [-0.4, -0.2) is 0 Å². The molecule has 0 heterocycles. The van der Waals surface area contributed by atoms with Crippen molar-refractivity contribution in [1.29, 1.82) is 0 Å². The topological polar surface area (TPSA) is 3.24 Å². The van der Waals surface area contributed by atoms with Crippen LogP contribution in [0.15, 0.2) is 127 Å². The summed E-state index contributed by atoms with van der Waals surface area (Å²) in [7, 11) is 0. The lowest BCUT2D eigenvalue weighted by Gasteiger charge is -2.28. The fraction of sp³-hybridized carbons (Fsp3) is 0. The fourth-order valence-corrected chi connectivity index (χ4v) is 3.94. The van der Waals surface area contributed by atoms with Gasteiger partial charge >= 0.3 is 0 Å². The van der Waals surface area contributed by atoms with E-state index >= 15 is 0 Å². The summed E-state index contributed by atoms with van der Waals surface area (Å²) in [6.45, 7) is 0. The van der Waals surface area contributed by atoms with Crippen LogP contribution in [0.25, 0.3) is 21.9 Å². The van der Waals surface area contributed by atoms with Crippen molar-refractivity contribution in [2.45, 2.75) is 0 Å². The first-order chi connectivity index (χ1) is 14.4. The Labute approximate surface area is 171 Å². The normalized spacial score (nSPS) is 10.8. The van der Waals surface area contributed by atoms with Gasteiger partial charge in [0.25, 0.3) is 0 Å². The van der Waals surface area contributed by atoms with Crippen LogP contribution in [0.4, 0.5) is 17.1 Å². The van der Waals surface area contributed by atoms with Crippen LogP contribution < -0.4 is 4.90 Å². The van der Waals surface area contributed by atoms with Gasteiger partial charge in [-0.2, -0.15) is 0 Å². The molecule has 0 aliphatic rings. The van der Waals surface area contributed by atoms with Crippen LogP contribution >= 0.6 is 0 Å². The number of benzene rings is 5. The Kier molecular flexibility index (Phi) is 4.56. The summed E-state index contributed by atoms with van der Waals surface area (Å²) >= 11 is 0. The Balaban J connectivity index is 1.77. The molecular weight excluding hydrogens is 350 g/mol. The molecule has 5 aromatic rings. The predicted octanol–water partition coefficient (Wildman–Crippen LogP) is 7.98. The lowest BCUT2D eigenvalue weighted by molar-refractivity contribution is 1.28. The number of rotatable bonds is 4. The molecule has 1 heteroatoms. The number of anilines is 3. The highest BCUT2D eigenvalue weighted by Crippen LogP contribution is 2.42. The first kappa shape index (κ1) is 17.3. The van der Waals surface area contributed by atoms with Gasteiger partial charge in [0.2, 0.25) is 0 Å². The molecule has 0 saturated carbocycles. The first-order valence-electron chi connectivity index (χ1n) is 9.89. The van der Waals surface area contributed by atoms with Crippen molar-refractivity contribution in [1.82, 2.24) is 0 Å². The zero-order chi connectivity index (χ0) is 19.5. The van der Waals surface area contributed by atoms with Crippen molar-refractivity contribution in [2.24, 2.45) is 0 Å². The summed E-state index contributed by atoms with van der Waals surface area (Å²) in [5, 5.41) is 2.52. The number of nitrogens with zero attached hydrogens (tertiary/aromatic N) is 1. The second-order valence-electron chi connectivity index (χ2n) is 7.05. The number of fused-ring (bicyclic) bond motifs is 1. The third-order valence-corrected chi connectivity index (χ3v) is 5.25. The largest absolute Gasteiger partial charge is 0.310 e. The highest BCUT2D eigenvalue weighted by Gasteiger charge is 2.17. The highest BCUT2D eigenvalue weighted by atomic mass is 15.1. The third kappa shape index (κ3) is 3.28. The van der Waals surface area contributed by atoms with E-state index in [0.29, 0.717) is 0 Å². The van der Waals surface area contributed by atoms with Gasteiger partial charge in [-0.1, -0.05) is 97.1 Å². The molecule has 0 saturated heterocycles. The molecule has 0 aromatic heterocycles. The van der Waals surface area contributed by atoms with E-state index in [0.717, 1.165) is 11.4 Å². The monoisotopic (exact) mass is 371 g/mol. The zero-order valence-corrected chi connectivity index (χ0v) is 16.1. The van der Waals surface area contributed by atoms with Gasteiger partial charge in [0, 0.05) is 16.9 Å². The number of hydrogen-bond acceptors (Lipinski definition) is 1. The van der Waals surface area contributed by atoms with Crippen molar-refractivity contribution in [3.05, 3.63) is 127 Å². The molecule has 0 radical (unpaired) electrons. The van der Waals surface area contributed by atoms with Crippen LogP contribution in [0.5, 0.6) is 0 Å². The summed E-state index contributed by atoms with van der Waals surface area (Å²) in [5.74, 6) is 0. The molecule has 0 aliphatic heterocycles. The van der Waals surface area contributed by atoms with Crippen LogP contribution in [0.1, 0.15) is 0 Å². The van der Waals surface area contributed by atoms with Crippen molar-refractivity contribution < 1.29 is 0 Å². The standard InChI is InChI=1S/C28H21N/c1-3-14-23(15-4-1)29(24-16-5-2-6-17-24)28-21-10-9-19-27(28)26-20-11-13-22-12-7-8-18-25(22)26/h1-21H. The maximum absolute atomic E-state index is 2.33. The summed E-state index contributed by atoms with van der Waals surface area (Å²) in [5.41, 5.74) is 5.92. The lowest BCUT2D eigenvalue weighted by atomic mass is 9.96. The van der Waals surface area contributed by atoms with Gasteiger partial charge in [-0.15, -0.1) is 0 Å². The summed E-state index contributed by atoms with van der Waals surface area (Å²) in [6.07, 6.45) is 0. The molecule has 0 bridgehead atoms. The molecule has 138 valence electrons. The minimum Gasteiger partial charge on any atom is -0.310 e. The van der Waals surface area contributed by atoms with Gasteiger partial charge in [0.1, 0.15) is 0 Å². The van der Waals surface area contributed by atoms with E-state index in [1.807, 2.05) is 0 Å². The average Bonchev–Trinajstić information content (AvgIpc) is 2.81. The summed E-state index contributed by atoms with van der Waals surface area (Å²) in [6, 6.07) is 44.9.